The number of nitro groups is 1. The Morgan fingerprint density at radius 2 is 1.95 bits per heavy atom. The topological polar surface area (TPSA) is 93.0 Å². The summed E-state index contributed by atoms with van der Waals surface area (Å²) in [5.41, 5.74) is 2.77. The Labute approximate surface area is 129 Å². The summed E-state index contributed by atoms with van der Waals surface area (Å²) < 4.78 is 0. The lowest BCUT2D eigenvalue weighted by atomic mass is 10.1. The van der Waals surface area contributed by atoms with Gasteiger partial charge in [0, 0.05) is 12.2 Å². The van der Waals surface area contributed by atoms with Crippen LogP contribution in [0.3, 0.4) is 0 Å². The molecule has 2 aromatic rings. The fraction of sp³-hybridized carbons (Fsp3) is 0.333. The van der Waals surface area contributed by atoms with Gasteiger partial charge in [-0.2, -0.15) is 0 Å². The monoisotopic (exact) mass is 301 g/mol. The second-order valence-corrected chi connectivity index (χ2v) is 5.05. The third-order valence-electron chi connectivity index (χ3n) is 3.18. The van der Waals surface area contributed by atoms with Gasteiger partial charge >= 0.3 is 5.69 Å². The fourth-order valence-corrected chi connectivity index (χ4v) is 2.10. The molecule has 0 aliphatic rings. The molecule has 22 heavy (non-hydrogen) atoms. The van der Waals surface area contributed by atoms with Crippen LogP contribution in [0.25, 0.3) is 0 Å². The third-order valence-corrected chi connectivity index (χ3v) is 3.18. The lowest BCUT2D eigenvalue weighted by Crippen LogP contribution is -2.09. The molecule has 0 aliphatic carbocycles. The first-order valence-electron chi connectivity index (χ1n) is 7.10. The van der Waals surface area contributed by atoms with E-state index < -0.39 is 4.92 Å². The van der Waals surface area contributed by atoms with Crippen molar-refractivity contribution in [3.63, 3.8) is 0 Å². The van der Waals surface area contributed by atoms with Crippen LogP contribution in [0.2, 0.25) is 0 Å². The van der Waals surface area contributed by atoms with Gasteiger partial charge in [-0.05, 0) is 31.9 Å². The van der Waals surface area contributed by atoms with E-state index >= 15 is 0 Å². The van der Waals surface area contributed by atoms with Crippen molar-refractivity contribution < 1.29 is 4.92 Å². The number of hydrogen-bond acceptors (Lipinski definition) is 6. The Bertz CT molecular complexity index is 688. The molecule has 0 radical (unpaired) electrons. The van der Waals surface area contributed by atoms with Crippen molar-refractivity contribution in [3.05, 3.63) is 45.8 Å². The molecule has 1 heterocycles. The first-order chi connectivity index (χ1) is 10.5. The summed E-state index contributed by atoms with van der Waals surface area (Å²) in [7, 11) is 0. The van der Waals surface area contributed by atoms with Gasteiger partial charge in [-0.25, -0.2) is 9.97 Å². The molecular weight excluding hydrogens is 282 g/mol. The molecule has 2 N–H and O–H groups in total. The van der Waals surface area contributed by atoms with E-state index in [-0.39, 0.29) is 17.3 Å². The summed E-state index contributed by atoms with van der Waals surface area (Å²) >= 11 is 0. The molecule has 0 spiro atoms. The highest BCUT2D eigenvalue weighted by molar-refractivity contribution is 5.74. The van der Waals surface area contributed by atoms with Crippen molar-refractivity contribution in [1.82, 2.24) is 9.97 Å². The minimum atomic E-state index is -0.468. The maximum absolute atomic E-state index is 11.4. The maximum atomic E-state index is 11.4. The molecule has 0 saturated heterocycles. The molecule has 0 amide bonds. The smallest absolute Gasteiger partial charge is 0.353 e. The SMILES string of the molecule is CCCNc1ncnc(Nc2ccc(C)cc2C)c1[N+](=O)[O-]. The van der Waals surface area contributed by atoms with E-state index in [1.807, 2.05) is 39.0 Å². The van der Waals surface area contributed by atoms with Gasteiger partial charge in [0.1, 0.15) is 6.33 Å². The molecular formula is C15H19N5O2. The molecule has 0 bridgehead atoms. The summed E-state index contributed by atoms with van der Waals surface area (Å²) in [5.74, 6) is 0.416. The molecule has 116 valence electrons. The predicted molar refractivity (Wildman–Crippen MR) is 86.7 cm³/mol. The Balaban J connectivity index is 2.39. The summed E-state index contributed by atoms with van der Waals surface area (Å²) in [6.07, 6.45) is 2.16. The zero-order valence-electron chi connectivity index (χ0n) is 12.9. The summed E-state index contributed by atoms with van der Waals surface area (Å²) in [5, 5.41) is 17.4. The van der Waals surface area contributed by atoms with Crippen molar-refractivity contribution in [1.29, 1.82) is 0 Å². The minimum Gasteiger partial charge on any atom is -0.364 e. The van der Waals surface area contributed by atoms with Crippen LogP contribution in [0, 0.1) is 24.0 Å². The lowest BCUT2D eigenvalue weighted by Gasteiger charge is -2.11. The summed E-state index contributed by atoms with van der Waals surface area (Å²) in [6, 6.07) is 5.83. The molecule has 0 fully saturated rings. The van der Waals surface area contributed by atoms with E-state index in [1.54, 1.807) is 0 Å². The van der Waals surface area contributed by atoms with Gasteiger partial charge in [0.15, 0.2) is 0 Å². The molecule has 0 unspecified atom stereocenters. The van der Waals surface area contributed by atoms with E-state index in [1.165, 1.54) is 6.33 Å². The zero-order valence-corrected chi connectivity index (χ0v) is 12.9. The molecule has 2 rings (SSSR count). The van der Waals surface area contributed by atoms with Crippen molar-refractivity contribution in [2.24, 2.45) is 0 Å². The number of nitrogens with one attached hydrogen (secondary N) is 2. The fourth-order valence-electron chi connectivity index (χ4n) is 2.10. The zero-order chi connectivity index (χ0) is 16.1. The van der Waals surface area contributed by atoms with Crippen LogP contribution < -0.4 is 10.6 Å². The molecule has 1 aromatic carbocycles. The summed E-state index contributed by atoms with van der Waals surface area (Å²) in [4.78, 5) is 18.9. The van der Waals surface area contributed by atoms with Gasteiger partial charge in [-0.1, -0.05) is 24.6 Å². The average molecular weight is 301 g/mol. The largest absolute Gasteiger partial charge is 0.364 e. The van der Waals surface area contributed by atoms with Crippen LogP contribution in [-0.4, -0.2) is 21.4 Å². The number of anilines is 3. The van der Waals surface area contributed by atoms with E-state index in [4.69, 9.17) is 0 Å². The van der Waals surface area contributed by atoms with Crippen molar-refractivity contribution >= 4 is 23.0 Å². The van der Waals surface area contributed by atoms with Gasteiger partial charge in [-0.3, -0.25) is 10.1 Å². The number of aromatic nitrogens is 2. The Hall–Kier alpha value is -2.70. The molecule has 0 atom stereocenters. The van der Waals surface area contributed by atoms with Crippen molar-refractivity contribution in [3.8, 4) is 0 Å². The van der Waals surface area contributed by atoms with E-state index in [9.17, 15) is 10.1 Å². The van der Waals surface area contributed by atoms with Gasteiger partial charge < -0.3 is 10.6 Å². The second-order valence-electron chi connectivity index (χ2n) is 5.05. The average Bonchev–Trinajstić information content (AvgIpc) is 2.47. The first kappa shape index (κ1) is 15.7. The standard InChI is InChI=1S/C15H19N5O2/c1-4-7-16-14-13(20(21)22)15(18-9-17-14)19-12-6-5-10(2)8-11(12)3/h5-6,8-9H,4,7H2,1-3H3,(H2,16,17,18,19). The highest BCUT2D eigenvalue weighted by atomic mass is 16.6. The van der Waals surface area contributed by atoms with Crippen molar-refractivity contribution in [2.45, 2.75) is 27.2 Å². The molecule has 0 aliphatic heterocycles. The minimum absolute atomic E-state index is 0.143. The third kappa shape index (κ3) is 3.49. The number of aryl methyl sites for hydroxylation is 2. The number of hydrogen-bond donors (Lipinski definition) is 2. The normalized spacial score (nSPS) is 10.3. The highest BCUT2D eigenvalue weighted by Crippen LogP contribution is 2.32. The van der Waals surface area contributed by atoms with Crippen molar-refractivity contribution in [2.75, 3.05) is 17.2 Å². The second kappa shape index (κ2) is 6.84. The van der Waals surface area contributed by atoms with Crippen LogP contribution in [0.1, 0.15) is 24.5 Å². The van der Waals surface area contributed by atoms with Gasteiger partial charge in [0.2, 0.25) is 11.6 Å². The summed E-state index contributed by atoms with van der Waals surface area (Å²) in [6.45, 7) is 6.53. The highest BCUT2D eigenvalue weighted by Gasteiger charge is 2.23. The molecule has 7 nitrogen and oxygen atoms in total. The maximum Gasteiger partial charge on any atom is 0.353 e. The molecule has 1 aromatic heterocycles. The Morgan fingerprint density at radius 1 is 1.23 bits per heavy atom. The van der Waals surface area contributed by atoms with Crippen LogP contribution >= 0.6 is 0 Å². The number of nitrogens with zero attached hydrogens (tertiary/aromatic N) is 3. The van der Waals surface area contributed by atoms with Gasteiger partial charge in [0.05, 0.1) is 4.92 Å². The quantitative estimate of drug-likeness (QED) is 0.626. The Morgan fingerprint density at radius 3 is 2.59 bits per heavy atom. The van der Waals surface area contributed by atoms with E-state index in [0.29, 0.717) is 6.54 Å². The van der Waals surface area contributed by atoms with Gasteiger partial charge in [0.25, 0.3) is 0 Å². The van der Waals surface area contributed by atoms with E-state index in [0.717, 1.165) is 23.2 Å². The van der Waals surface area contributed by atoms with Crippen LogP contribution in [0.5, 0.6) is 0 Å². The van der Waals surface area contributed by atoms with Crippen LogP contribution in [0.4, 0.5) is 23.0 Å². The van der Waals surface area contributed by atoms with E-state index in [2.05, 4.69) is 20.6 Å². The number of rotatable bonds is 6. The molecule has 7 heteroatoms. The Kier molecular flexibility index (Phi) is 4.88. The lowest BCUT2D eigenvalue weighted by molar-refractivity contribution is -0.383. The van der Waals surface area contributed by atoms with Gasteiger partial charge in [-0.15, -0.1) is 0 Å². The first-order valence-corrected chi connectivity index (χ1v) is 7.10. The predicted octanol–water partition coefficient (Wildman–Crippen LogP) is 3.57. The molecule has 0 saturated carbocycles. The van der Waals surface area contributed by atoms with Crippen LogP contribution in [0.15, 0.2) is 24.5 Å². The van der Waals surface area contributed by atoms with Crippen LogP contribution in [-0.2, 0) is 0 Å². The number of benzene rings is 1.